The molecule has 0 saturated carbocycles. The fraction of sp³-hybridized carbons (Fsp3) is 0.611. The minimum absolute atomic E-state index is 0.0849. The summed E-state index contributed by atoms with van der Waals surface area (Å²) < 4.78 is 29.5. The zero-order valence-electron chi connectivity index (χ0n) is 15.9. The van der Waals surface area contributed by atoms with Crippen molar-refractivity contribution in [1.82, 2.24) is 5.32 Å². The molecule has 3 N–H and O–H groups in total. The monoisotopic (exact) mass is 387 g/mol. The van der Waals surface area contributed by atoms with Gasteiger partial charge >= 0.3 is 6.09 Å². The molecular formula is C18H29NO6S. The van der Waals surface area contributed by atoms with E-state index in [9.17, 15) is 23.4 Å². The van der Waals surface area contributed by atoms with Crippen molar-refractivity contribution in [3.05, 3.63) is 29.8 Å². The summed E-state index contributed by atoms with van der Waals surface area (Å²) in [5, 5.41) is 22.3. The number of hydrogen-bond donors (Lipinski definition) is 3. The van der Waals surface area contributed by atoms with Crippen LogP contribution in [0.4, 0.5) is 4.79 Å². The molecule has 0 saturated heterocycles. The number of aliphatic hydroxyl groups excluding tert-OH is 2. The van der Waals surface area contributed by atoms with Crippen LogP contribution in [0.25, 0.3) is 0 Å². The molecule has 1 aromatic carbocycles. The Kier molecular flexibility index (Phi) is 7.61. The molecular weight excluding hydrogens is 358 g/mol. The maximum atomic E-state index is 12.2. The van der Waals surface area contributed by atoms with Crippen LogP contribution < -0.4 is 5.32 Å². The lowest BCUT2D eigenvalue weighted by molar-refractivity contribution is 0.0122. The third kappa shape index (κ3) is 6.59. The van der Waals surface area contributed by atoms with E-state index in [0.29, 0.717) is 5.56 Å². The van der Waals surface area contributed by atoms with Crippen LogP contribution in [0.1, 0.15) is 52.7 Å². The molecule has 1 amide bonds. The summed E-state index contributed by atoms with van der Waals surface area (Å²) in [6.45, 7) is 8.48. The van der Waals surface area contributed by atoms with Gasteiger partial charge in [0.25, 0.3) is 0 Å². The van der Waals surface area contributed by atoms with E-state index in [0.717, 1.165) is 0 Å². The Hall–Kier alpha value is -1.64. The number of carbonyl (C=O) groups excluding carboxylic acids is 1. The summed E-state index contributed by atoms with van der Waals surface area (Å²) in [6, 6.07) is 5.90. The van der Waals surface area contributed by atoms with E-state index in [2.05, 4.69) is 5.32 Å². The quantitative estimate of drug-likeness (QED) is 0.661. The molecule has 2 atom stereocenters. The van der Waals surface area contributed by atoms with Crippen molar-refractivity contribution in [2.75, 3.05) is 6.54 Å². The van der Waals surface area contributed by atoms with Crippen LogP contribution in [0, 0.1) is 0 Å². The van der Waals surface area contributed by atoms with Crippen LogP contribution in [0.2, 0.25) is 0 Å². The van der Waals surface area contributed by atoms with E-state index in [1.807, 2.05) is 0 Å². The van der Waals surface area contributed by atoms with E-state index < -0.39 is 39.0 Å². The Balaban J connectivity index is 2.69. The Morgan fingerprint density at radius 2 is 1.85 bits per heavy atom. The molecule has 1 rings (SSSR count). The van der Waals surface area contributed by atoms with Crippen LogP contribution in [0.3, 0.4) is 0 Å². The van der Waals surface area contributed by atoms with E-state index in [1.165, 1.54) is 18.2 Å². The largest absolute Gasteiger partial charge is 0.444 e. The number of hydrogen-bond acceptors (Lipinski definition) is 6. The Morgan fingerprint density at radius 3 is 2.38 bits per heavy atom. The lowest BCUT2D eigenvalue weighted by Crippen LogP contribution is -2.34. The Bertz CT molecular complexity index is 709. The minimum Gasteiger partial charge on any atom is -0.444 e. The van der Waals surface area contributed by atoms with Gasteiger partial charge in [0.1, 0.15) is 11.7 Å². The number of amides is 1. The second-order valence-electron chi connectivity index (χ2n) is 7.40. The number of ether oxygens (including phenoxy) is 1. The molecule has 0 heterocycles. The molecule has 0 aliphatic heterocycles. The first-order valence-corrected chi connectivity index (χ1v) is 10.1. The standard InChI is InChI=1S/C18H29NO6S/c1-12(2)26(23,24)14-8-6-7-13(11-14)16(21)15(20)9-10-19-17(22)25-18(3,4)5/h6-8,11-12,15-16,20-21H,9-10H2,1-5H3,(H,19,22). The second kappa shape index (κ2) is 8.83. The number of benzene rings is 1. The van der Waals surface area contributed by atoms with E-state index in [-0.39, 0.29) is 17.9 Å². The van der Waals surface area contributed by atoms with Crippen LogP contribution in [0.5, 0.6) is 0 Å². The van der Waals surface area contributed by atoms with Gasteiger partial charge in [-0.15, -0.1) is 0 Å². The first-order valence-electron chi connectivity index (χ1n) is 8.51. The summed E-state index contributed by atoms with van der Waals surface area (Å²) in [7, 11) is -3.47. The van der Waals surface area contributed by atoms with Gasteiger partial charge in [-0.05, 0) is 58.7 Å². The van der Waals surface area contributed by atoms with Crippen molar-refractivity contribution < 1.29 is 28.2 Å². The van der Waals surface area contributed by atoms with Crippen molar-refractivity contribution in [1.29, 1.82) is 0 Å². The molecule has 2 unspecified atom stereocenters. The number of aliphatic hydroxyl groups is 2. The lowest BCUT2D eigenvalue weighted by Gasteiger charge is -2.21. The van der Waals surface area contributed by atoms with Crippen molar-refractivity contribution >= 4 is 15.9 Å². The van der Waals surface area contributed by atoms with Gasteiger partial charge in [0, 0.05) is 6.54 Å². The zero-order valence-corrected chi connectivity index (χ0v) is 16.7. The van der Waals surface area contributed by atoms with Crippen LogP contribution >= 0.6 is 0 Å². The highest BCUT2D eigenvalue weighted by Crippen LogP contribution is 2.24. The maximum absolute atomic E-state index is 12.2. The Labute approximate surface area is 155 Å². The molecule has 1 aromatic rings. The maximum Gasteiger partial charge on any atom is 0.407 e. The van der Waals surface area contributed by atoms with Crippen LogP contribution in [-0.2, 0) is 14.6 Å². The fourth-order valence-electron chi connectivity index (χ4n) is 2.16. The molecule has 148 valence electrons. The van der Waals surface area contributed by atoms with E-state index in [4.69, 9.17) is 4.74 Å². The van der Waals surface area contributed by atoms with E-state index >= 15 is 0 Å². The van der Waals surface area contributed by atoms with Gasteiger partial charge in [0.15, 0.2) is 9.84 Å². The predicted molar refractivity (Wildman–Crippen MR) is 98.6 cm³/mol. The van der Waals surface area contributed by atoms with Gasteiger partial charge in [-0.25, -0.2) is 13.2 Å². The number of nitrogens with one attached hydrogen (secondary N) is 1. The van der Waals surface area contributed by atoms with Crippen LogP contribution in [-0.4, -0.2) is 48.2 Å². The molecule has 8 heteroatoms. The highest BCUT2D eigenvalue weighted by molar-refractivity contribution is 7.92. The lowest BCUT2D eigenvalue weighted by atomic mass is 10.0. The number of rotatable bonds is 7. The SMILES string of the molecule is CC(C)S(=O)(=O)c1cccc(C(O)C(O)CCNC(=O)OC(C)(C)C)c1. The average Bonchev–Trinajstić information content (AvgIpc) is 2.52. The molecule has 0 spiro atoms. The first kappa shape index (κ1) is 22.4. The zero-order chi connectivity index (χ0) is 20.1. The van der Waals surface area contributed by atoms with Crippen molar-refractivity contribution in [3.63, 3.8) is 0 Å². The smallest absolute Gasteiger partial charge is 0.407 e. The third-order valence-corrected chi connectivity index (χ3v) is 5.77. The van der Waals surface area contributed by atoms with Crippen molar-refractivity contribution in [2.24, 2.45) is 0 Å². The van der Waals surface area contributed by atoms with E-state index in [1.54, 1.807) is 40.7 Å². The molecule has 7 nitrogen and oxygen atoms in total. The topological polar surface area (TPSA) is 113 Å². The highest BCUT2D eigenvalue weighted by atomic mass is 32.2. The van der Waals surface area contributed by atoms with Gasteiger partial charge in [-0.1, -0.05) is 12.1 Å². The molecule has 0 bridgehead atoms. The van der Waals surface area contributed by atoms with Crippen molar-refractivity contribution in [2.45, 2.75) is 69.0 Å². The highest BCUT2D eigenvalue weighted by Gasteiger charge is 2.23. The Morgan fingerprint density at radius 1 is 1.23 bits per heavy atom. The predicted octanol–water partition coefficient (Wildman–Crippen LogP) is 2.18. The molecule has 0 aliphatic rings. The second-order valence-corrected chi connectivity index (χ2v) is 9.90. The number of alkyl carbamates (subject to hydrolysis) is 1. The van der Waals surface area contributed by atoms with Gasteiger partial charge in [0.2, 0.25) is 0 Å². The summed E-state index contributed by atoms with van der Waals surface area (Å²) in [4.78, 5) is 11.7. The summed E-state index contributed by atoms with van der Waals surface area (Å²) in [5.41, 5.74) is -0.318. The minimum atomic E-state index is -3.47. The van der Waals surface area contributed by atoms with Crippen molar-refractivity contribution in [3.8, 4) is 0 Å². The summed E-state index contributed by atoms with van der Waals surface area (Å²) in [5.74, 6) is 0. The summed E-state index contributed by atoms with van der Waals surface area (Å²) in [6.07, 6.45) is -2.95. The number of carbonyl (C=O) groups is 1. The molecule has 0 radical (unpaired) electrons. The molecule has 0 aromatic heterocycles. The first-order chi connectivity index (χ1) is 11.8. The third-order valence-electron chi connectivity index (χ3n) is 3.62. The fourth-order valence-corrected chi connectivity index (χ4v) is 3.28. The normalized spacial score (nSPS) is 14.8. The van der Waals surface area contributed by atoms with Gasteiger partial charge < -0.3 is 20.3 Å². The number of sulfone groups is 1. The van der Waals surface area contributed by atoms with Gasteiger partial charge in [0.05, 0.1) is 16.2 Å². The average molecular weight is 387 g/mol. The van der Waals surface area contributed by atoms with Crippen LogP contribution in [0.15, 0.2) is 29.2 Å². The molecule has 0 fully saturated rings. The molecule has 0 aliphatic carbocycles. The summed E-state index contributed by atoms with van der Waals surface area (Å²) >= 11 is 0. The van der Waals surface area contributed by atoms with Gasteiger partial charge in [-0.3, -0.25) is 0 Å². The molecule has 26 heavy (non-hydrogen) atoms. The van der Waals surface area contributed by atoms with Gasteiger partial charge in [-0.2, -0.15) is 0 Å².